The lowest BCUT2D eigenvalue weighted by atomic mass is 10.2. The van der Waals surface area contributed by atoms with Gasteiger partial charge in [-0.3, -0.25) is 0 Å². The lowest BCUT2D eigenvalue weighted by molar-refractivity contribution is 1.39. The predicted molar refractivity (Wildman–Crippen MR) is 35.9 cm³/mol. The number of rotatable bonds is 0. The van der Waals surface area contributed by atoms with Crippen LogP contribution in [0.25, 0.3) is 0 Å². The highest BCUT2D eigenvalue weighted by molar-refractivity contribution is 5.20. The van der Waals surface area contributed by atoms with Gasteiger partial charge in [-0.05, 0) is 13.8 Å². The predicted octanol–water partition coefficient (Wildman–Crippen LogP) is 2.30. The van der Waals surface area contributed by atoms with Crippen LogP contribution in [0.15, 0.2) is 24.2 Å². The molecule has 0 aliphatic carbocycles. The summed E-state index contributed by atoms with van der Waals surface area (Å²) >= 11 is 0. The van der Waals surface area contributed by atoms with Crippen LogP contribution in [0, 0.1) is 13.8 Å². The first-order chi connectivity index (χ1) is 4.22. The largest absolute Gasteiger partial charge is 0.0628 e. The molecule has 0 spiro atoms. The Morgan fingerprint density at radius 3 is 2.12 bits per heavy atom. The molecular weight excluding hydrogens is 96.1 g/mol. The van der Waals surface area contributed by atoms with Gasteiger partial charge in [0.05, 0.1) is 1.37 Å². The molecule has 0 N–H and O–H groups in total. The van der Waals surface area contributed by atoms with Gasteiger partial charge in [0.1, 0.15) is 0 Å². The van der Waals surface area contributed by atoms with Crippen LogP contribution in [0.1, 0.15) is 12.5 Å². The van der Waals surface area contributed by atoms with Crippen LogP contribution in [0.3, 0.4) is 0 Å². The quantitative estimate of drug-likeness (QED) is 0.477. The highest BCUT2D eigenvalue weighted by atomic mass is 13.9. The molecular formula is C8H10. The average molecular weight is 107 g/mol. The van der Waals surface area contributed by atoms with E-state index in [2.05, 4.69) is 0 Å². The average Bonchev–Trinajstić information content (AvgIpc) is 1.83. The molecule has 0 saturated carbocycles. The fourth-order valence-corrected chi connectivity index (χ4v) is 0.731. The molecule has 1 aromatic rings. The van der Waals surface area contributed by atoms with Gasteiger partial charge in [0.2, 0.25) is 0 Å². The first kappa shape index (κ1) is 4.13. The van der Waals surface area contributed by atoms with Crippen LogP contribution in [-0.4, -0.2) is 0 Å². The van der Waals surface area contributed by atoms with Gasteiger partial charge in [0, 0.05) is 0 Å². The van der Waals surface area contributed by atoms with Crippen molar-refractivity contribution >= 4 is 0 Å². The monoisotopic (exact) mass is 107 g/mol. The molecule has 8 heavy (non-hydrogen) atoms. The molecule has 1 rings (SSSR count). The third kappa shape index (κ3) is 1.09. The molecule has 0 amide bonds. The van der Waals surface area contributed by atoms with E-state index in [0.29, 0.717) is 6.04 Å². The minimum absolute atomic E-state index is 0.664. The lowest BCUT2D eigenvalue weighted by Crippen LogP contribution is -1.71. The number of aryl methyl sites for hydroxylation is 2. The number of benzene rings is 1. The fraction of sp³-hybridized carbons (Fsp3) is 0.250. The molecule has 0 aliphatic heterocycles. The molecule has 0 saturated heterocycles. The SMILES string of the molecule is [2H]c1c(C)cccc1C. The first-order valence-corrected chi connectivity index (χ1v) is 2.74. The molecule has 0 nitrogen and oxygen atoms in total. The second kappa shape index (κ2) is 1.99. The molecule has 1 aromatic carbocycles. The van der Waals surface area contributed by atoms with Crippen LogP contribution >= 0.6 is 0 Å². The van der Waals surface area contributed by atoms with Gasteiger partial charge in [-0.2, -0.15) is 0 Å². The topological polar surface area (TPSA) is 0 Å². The zero-order valence-electron chi connectivity index (χ0n) is 6.23. The van der Waals surface area contributed by atoms with Crippen molar-refractivity contribution in [2.75, 3.05) is 0 Å². The van der Waals surface area contributed by atoms with Gasteiger partial charge in [-0.15, -0.1) is 0 Å². The van der Waals surface area contributed by atoms with Crippen molar-refractivity contribution in [2.45, 2.75) is 13.8 Å². The molecule has 0 aliphatic rings. The Bertz CT molecular complexity index is 196. The summed E-state index contributed by atoms with van der Waals surface area (Å²) in [6.07, 6.45) is 0. The van der Waals surface area contributed by atoms with Gasteiger partial charge < -0.3 is 0 Å². The van der Waals surface area contributed by atoms with Crippen molar-refractivity contribution in [2.24, 2.45) is 0 Å². The Labute approximate surface area is 51.6 Å². The Morgan fingerprint density at radius 1 is 1.25 bits per heavy atom. The Balaban J connectivity index is 3.25. The molecule has 0 heterocycles. The summed E-state index contributed by atoms with van der Waals surface area (Å²) in [6.45, 7) is 3.91. The normalized spacial score (nSPS) is 11.0. The van der Waals surface area contributed by atoms with Crippen LogP contribution in [-0.2, 0) is 0 Å². The number of hydrogen-bond acceptors (Lipinski definition) is 0. The number of hydrogen-bond donors (Lipinski definition) is 0. The maximum atomic E-state index is 7.44. The van der Waals surface area contributed by atoms with E-state index in [0.717, 1.165) is 11.1 Å². The first-order valence-electron chi connectivity index (χ1n) is 3.24. The second-order valence-corrected chi connectivity index (χ2v) is 2.02. The summed E-state index contributed by atoms with van der Waals surface area (Å²) < 4.78 is 7.44. The molecule has 0 radical (unpaired) electrons. The van der Waals surface area contributed by atoms with E-state index in [1.54, 1.807) is 0 Å². The van der Waals surface area contributed by atoms with Crippen molar-refractivity contribution < 1.29 is 1.37 Å². The zero-order chi connectivity index (χ0) is 6.85. The highest BCUT2D eigenvalue weighted by Crippen LogP contribution is 2.00. The maximum absolute atomic E-state index is 7.44. The van der Waals surface area contributed by atoms with Crippen LogP contribution < -0.4 is 0 Å². The Hall–Kier alpha value is -0.780. The highest BCUT2D eigenvalue weighted by Gasteiger charge is 1.80. The van der Waals surface area contributed by atoms with E-state index in [-0.39, 0.29) is 0 Å². The summed E-state index contributed by atoms with van der Waals surface area (Å²) in [6, 6.07) is 6.55. The van der Waals surface area contributed by atoms with Gasteiger partial charge >= 0.3 is 0 Å². The van der Waals surface area contributed by atoms with E-state index < -0.39 is 0 Å². The molecule has 0 aromatic heterocycles. The van der Waals surface area contributed by atoms with E-state index in [9.17, 15) is 0 Å². The molecule has 0 atom stereocenters. The van der Waals surface area contributed by atoms with Gasteiger partial charge in [0.15, 0.2) is 0 Å². The van der Waals surface area contributed by atoms with Crippen LogP contribution in [0.5, 0.6) is 0 Å². The lowest BCUT2D eigenvalue weighted by Gasteiger charge is -1.90. The summed E-state index contributed by atoms with van der Waals surface area (Å²) in [5.41, 5.74) is 2.10. The van der Waals surface area contributed by atoms with Crippen molar-refractivity contribution in [1.29, 1.82) is 0 Å². The van der Waals surface area contributed by atoms with Gasteiger partial charge in [-0.25, -0.2) is 0 Å². The van der Waals surface area contributed by atoms with Crippen molar-refractivity contribution in [3.8, 4) is 0 Å². The van der Waals surface area contributed by atoms with E-state index >= 15 is 0 Å². The van der Waals surface area contributed by atoms with Crippen molar-refractivity contribution in [1.82, 2.24) is 0 Å². The minimum atomic E-state index is 0.664. The third-order valence-corrected chi connectivity index (χ3v) is 1.09. The summed E-state index contributed by atoms with van der Waals surface area (Å²) in [5.74, 6) is 0. The zero-order valence-corrected chi connectivity index (χ0v) is 5.23. The van der Waals surface area contributed by atoms with Crippen molar-refractivity contribution in [3.63, 3.8) is 0 Å². The summed E-state index contributed by atoms with van der Waals surface area (Å²) in [7, 11) is 0. The van der Waals surface area contributed by atoms with Crippen LogP contribution in [0.4, 0.5) is 0 Å². The standard InChI is InChI=1S/C8H10/c1-7-4-3-5-8(2)6-7/h3-6H,1-2H3/i6D. The second-order valence-electron chi connectivity index (χ2n) is 2.02. The van der Waals surface area contributed by atoms with E-state index in [4.69, 9.17) is 1.37 Å². The smallest absolute Gasteiger partial charge is 0.0617 e. The Kier molecular flexibility index (Phi) is 1.03. The third-order valence-electron chi connectivity index (χ3n) is 1.09. The summed E-state index contributed by atoms with van der Waals surface area (Å²) in [4.78, 5) is 0. The summed E-state index contributed by atoms with van der Waals surface area (Å²) in [5, 5.41) is 0. The molecule has 0 bridgehead atoms. The fourth-order valence-electron chi connectivity index (χ4n) is 0.731. The minimum Gasteiger partial charge on any atom is -0.0617 e. The van der Waals surface area contributed by atoms with Crippen LogP contribution in [0.2, 0.25) is 0 Å². The Morgan fingerprint density at radius 2 is 1.75 bits per heavy atom. The van der Waals surface area contributed by atoms with Crippen molar-refractivity contribution in [3.05, 3.63) is 35.4 Å². The maximum Gasteiger partial charge on any atom is 0.0628 e. The van der Waals surface area contributed by atoms with Gasteiger partial charge in [-0.1, -0.05) is 35.4 Å². The van der Waals surface area contributed by atoms with E-state index in [1.807, 2.05) is 32.0 Å². The van der Waals surface area contributed by atoms with Gasteiger partial charge in [0.25, 0.3) is 0 Å². The molecule has 0 heteroatoms. The molecule has 0 unspecified atom stereocenters. The van der Waals surface area contributed by atoms with E-state index in [1.165, 1.54) is 0 Å². The molecule has 42 valence electrons. The molecule has 0 fully saturated rings.